The van der Waals surface area contributed by atoms with Crippen LogP contribution in [0.15, 0.2) is 132 Å². The zero-order valence-corrected chi connectivity index (χ0v) is 34.3. The Morgan fingerprint density at radius 2 is 0.893 bits per heavy atom. The molecule has 7 aromatic rings. The molecule has 0 heterocycles. The Hall–Kier alpha value is -5.70. The molecule has 0 radical (unpaired) electrons. The molecule has 0 bridgehead atoms. The molecule has 0 saturated carbocycles. The minimum Gasteiger partial charge on any atom is -0.0859 e. The van der Waals surface area contributed by atoms with Crippen LogP contribution in [0.1, 0.15) is 102 Å². The molecule has 0 saturated heterocycles. The molecule has 7 rings (SSSR count). The monoisotopic (exact) mass is 732 g/mol. The van der Waals surface area contributed by atoms with Crippen molar-refractivity contribution in [2.24, 2.45) is 11.8 Å². The van der Waals surface area contributed by atoms with Crippen molar-refractivity contribution in [1.29, 1.82) is 0 Å². The van der Waals surface area contributed by atoms with Crippen molar-refractivity contribution >= 4 is 54.5 Å². The van der Waals surface area contributed by atoms with E-state index in [4.69, 9.17) is 9.69 Å². The van der Waals surface area contributed by atoms with E-state index < -0.39 is 0 Å². The van der Waals surface area contributed by atoms with Gasteiger partial charge in [0.2, 0.25) is 0 Å². The molecule has 0 amide bonds. The number of hydrogen-bond donors (Lipinski definition) is 0. The molecule has 2 heteroatoms. The second-order valence-electron chi connectivity index (χ2n) is 16.6. The highest BCUT2D eigenvalue weighted by molar-refractivity contribution is 6.34. The molecule has 2 atom stereocenters. The van der Waals surface area contributed by atoms with E-state index >= 15 is 0 Å². The fourth-order valence-corrected chi connectivity index (χ4v) is 8.07. The summed E-state index contributed by atoms with van der Waals surface area (Å²) >= 11 is 0. The van der Waals surface area contributed by atoms with Crippen LogP contribution in [0, 0.1) is 24.0 Å². The lowest BCUT2D eigenvalue weighted by Crippen LogP contribution is -1.97. The number of fused-ring (bicyclic) bond motifs is 2. The summed E-state index contributed by atoms with van der Waals surface area (Å²) in [5.74, 6) is 1.43. The summed E-state index contributed by atoms with van der Waals surface area (Å²) in [6.45, 7) is 13.5. The molecule has 0 aliphatic rings. The molecule has 280 valence electrons. The number of hydrogen-bond acceptors (Lipinski definition) is 0. The Balaban J connectivity index is 1.16. The third kappa shape index (κ3) is 9.21. The van der Waals surface area contributed by atoms with E-state index in [0.29, 0.717) is 11.8 Å². The minimum absolute atomic E-state index is 0.714. The Kier molecular flexibility index (Phi) is 12.3. The van der Waals surface area contributed by atoms with Crippen molar-refractivity contribution in [2.45, 2.75) is 92.9 Å². The summed E-state index contributed by atoms with van der Waals surface area (Å²) in [5, 5.41) is 9.67. The van der Waals surface area contributed by atoms with Gasteiger partial charge in [0.1, 0.15) is 11.1 Å². The van der Waals surface area contributed by atoms with Crippen LogP contribution in [-0.2, 0) is 12.8 Å². The lowest BCUT2D eigenvalue weighted by Gasteiger charge is -2.15. The number of allylic oxidation sites excluding steroid dienone is 4. The van der Waals surface area contributed by atoms with Gasteiger partial charge in [0, 0.05) is 35.0 Å². The van der Waals surface area contributed by atoms with Gasteiger partial charge in [0.15, 0.2) is 0 Å². The van der Waals surface area contributed by atoms with E-state index in [1.165, 1.54) is 104 Å². The van der Waals surface area contributed by atoms with Gasteiger partial charge in [0.05, 0.1) is 0 Å². The first-order chi connectivity index (χ1) is 27.2. The van der Waals surface area contributed by atoms with E-state index in [9.17, 15) is 0 Å². The van der Waals surface area contributed by atoms with Crippen molar-refractivity contribution in [2.75, 3.05) is 0 Å². The SMILES string of the molecule is CC(C)=CCC[C@H](C)CCc1ccc([N+]#Cc2ccc3cccc4c5c(C#[N+]c6ccc(CC[C@@H](C)CCC=C(C)C)cc6)ccc6cccc(c2c34)c65)cc1. The van der Waals surface area contributed by atoms with Crippen LogP contribution in [0.2, 0.25) is 0 Å². The Bertz CT molecular complexity index is 2460. The lowest BCUT2D eigenvalue weighted by atomic mass is 9.86. The van der Waals surface area contributed by atoms with E-state index in [1.54, 1.807) is 0 Å². The lowest BCUT2D eigenvalue weighted by molar-refractivity contribution is 0.497. The summed E-state index contributed by atoms with van der Waals surface area (Å²) in [6, 6.07) is 46.4. The zero-order chi connectivity index (χ0) is 39.0. The fourth-order valence-electron chi connectivity index (χ4n) is 8.07. The van der Waals surface area contributed by atoms with Gasteiger partial charge in [-0.2, -0.15) is 0 Å². The molecule has 0 aliphatic carbocycles. The number of aryl methyl sites for hydroxylation is 2. The van der Waals surface area contributed by atoms with Gasteiger partial charge in [-0.05, 0) is 156 Å². The Morgan fingerprint density at radius 3 is 1.29 bits per heavy atom. The molecule has 0 aromatic heterocycles. The van der Waals surface area contributed by atoms with Crippen LogP contribution in [0.5, 0.6) is 0 Å². The summed E-state index contributed by atoms with van der Waals surface area (Å²) in [6.07, 6.45) is 14.1. The molecule has 0 aliphatic heterocycles. The van der Waals surface area contributed by atoms with E-state index in [1.807, 2.05) is 0 Å². The maximum atomic E-state index is 4.90. The highest BCUT2D eigenvalue weighted by Crippen LogP contribution is 2.43. The molecular formula is C54H56N2+2. The van der Waals surface area contributed by atoms with Crippen LogP contribution >= 0.6 is 0 Å². The molecule has 0 spiro atoms. The largest absolute Gasteiger partial charge is 0.340 e. The summed E-state index contributed by atoms with van der Waals surface area (Å²) in [5.41, 5.74) is 9.40. The van der Waals surface area contributed by atoms with Crippen LogP contribution in [0.4, 0.5) is 11.4 Å². The van der Waals surface area contributed by atoms with E-state index in [-0.39, 0.29) is 0 Å². The molecule has 0 unspecified atom stereocenters. The second-order valence-corrected chi connectivity index (χ2v) is 16.6. The number of nitrogens with zero attached hydrogens (tertiary/aromatic N) is 2. The van der Waals surface area contributed by atoms with Gasteiger partial charge in [-0.1, -0.05) is 110 Å². The fraction of sp³-hybridized carbons (Fsp3) is 0.296. The first-order valence-corrected chi connectivity index (χ1v) is 20.7. The molecule has 0 N–H and O–H groups in total. The molecule has 7 aromatic carbocycles. The molecule has 56 heavy (non-hydrogen) atoms. The maximum Gasteiger partial charge on any atom is 0.340 e. The van der Waals surface area contributed by atoms with Crippen molar-refractivity contribution in [3.8, 4) is 12.1 Å². The summed E-state index contributed by atoms with van der Waals surface area (Å²) in [7, 11) is 0. The van der Waals surface area contributed by atoms with Crippen LogP contribution in [0.25, 0.3) is 52.8 Å². The minimum atomic E-state index is 0.714. The standard InChI is InChI=1S/C54H56N2/c1-37(2)11-7-13-39(5)19-21-41-23-31-47(32-24-41)55-35-45-29-27-43-15-10-18-50-51(43)53(45)49-17-9-16-44-28-30-46(54(50)52(44)49)36-56-48-33-25-42(26-34-48)22-20-40(6)14-8-12-38(3)4/h9-12,15-18,23-34,39-40H,7-8,13-14,19-22H2,1-6H3/q+2/t39-,40-/m0/s1. The smallest absolute Gasteiger partial charge is 0.0859 e. The molecular weight excluding hydrogens is 677 g/mol. The highest BCUT2D eigenvalue weighted by atomic mass is 14.7. The van der Waals surface area contributed by atoms with Gasteiger partial charge >= 0.3 is 23.5 Å². The third-order valence-corrected chi connectivity index (χ3v) is 11.4. The first-order valence-electron chi connectivity index (χ1n) is 20.7. The van der Waals surface area contributed by atoms with Crippen LogP contribution in [-0.4, -0.2) is 0 Å². The van der Waals surface area contributed by atoms with Gasteiger partial charge in [-0.15, -0.1) is 0 Å². The molecule has 0 fully saturated rings. The van der Waals surface area contributed by atoms with Gasteiger partial charge in [0.25, 0.3) is 0 Å². The van der Waals surface area contributed by atoms with E-state index in [0.717, 1.165) is 35.3 Å². The van der Waals surface area contributed by atoms with Crippen molar-refractivity contribution in [3.63, 3.8) is 0 Å². The quantitative estimate of drug-likeness (QED) is 0.0672. The maximum absolute atomic E-state index is 4.90. The summed E-state index contributed by atoms with van der Waals surface area (Å²) < 4.78 is 0. The second kappa shape index (κ2) is 17.8. The van der Waals surface area contributed by atoms with Gasteiger partial charge in [-0.3, -0.25) is 0 Å². The predicted molar refractivity (Wildman–Crippen MR) is 245 cm³/mol. The van der Waals surface area contributed by atoms with Crippen molar-refractivity contribution in [3.05, 3.63) is 164 Å². The number of benzene rings is 7. The highest BCUT2D eigenvalue weighted by Gasteiger charge is 2.20. The van der Waals surface area contributed by atoms with Crippen molar-refractivity contribution < 1.29 is 0 Å². The van der Waals surface area contributed by atoms with Crippen LogP contribution < -0.4 is 0 Å². The zero-order valence-electron chi connectivity index (χ0n) is 34.3. The average Bonchev–Trinajstić information content (AvgIpc) is 3.20. The Labute approximate surface area is 334 Å². The predicted octanol–water partition coefficient (Wildman–Crippen LogP) is 16.4. The normalized spacial score (nSPS) is 12.2. The van der Waals surface area contributed by atoms with Crippen molar-refractivity contribution in [1.82, 2.24) is 0 Å². The number of rotatable bonds is 12. The van der Waals surface area contributed by atoms with Gasteiger partial charge < -0.3 is 0 Å². The van der Waals surface area contributed by atoms with Gasteiger partial charge in [-0.25, -0.2) is 0 Å². The van der Waals surface area contributed by atoms with E-state index in [2.05, 4.69) is 175 Å². The summed E-state index contributed by atoms with van der Waals surface area (Å²) in [4.78, 5) is 9.79. The Morgan fingerprint density at radius 1 is 0.482 bits per heavy atom. The molecule has 2 nitrogen and oxygen atoms in total. The topological polar surface area (TPSA) is 8.72 Å². The first kappa shape index (κ1) is 38.6. The third-order valence-electron chi connectivity index (χ3n) is 11.4. The van der Waals surface area contributed by atoms with Crippen LogP contribution in [0.3, 0.4) is 0 Å². The average molecular weight is 733 g/mol.